The third-order valence-corrected chi connectivity index (χ3v) is 4.62. The van der Waals surface area contributed by atoms with Crippen LogP contribution in [-0.4, -0.2) is 20.6 Å². The fraction of sp³-hybridized carbons (Fsp3) is 0.500. The lowest BCUT2D eigenvalue weighted by atomic mass is 9.75. The number of benzene rings is 1. The van der Waals surface area contributed by atoms with Crippen molar-refractivity contribution in [2.75, 3.05) is 0 Å². The van der Waals surface area contributed by atoms with E-state index in [1.54, 1.807) is 16.7 Å². The molecule has 1 saturated carbocycles. The van der Waals surface area contributed by atoms with Gasteiger partial charge in [-0.15, -0.1) is 0 Å². The largest absolute Gasteiger partial charge is 0.478 e. The molecular weight excluding hydrogens is 268 g/mol. The van der Waals surface area contributed by atoms with Gasteiger partial charge in [-0.25, -0.2) is 9.59 Å². The van der Waals surface area contributed by atoms with Crippen LogP contribution in [0.1, 0.15) is 49.4 Å². The summed E-state index contributed by atoms with van der Waals surface area (Å²) < 4.78 is 1.76. The normalized spacial score (nSPS) is 18.0. The zero-order valence-electron chi connectivity index (χ0n) is 12.2. The molecular formula is C16H20N2O3. The molecule has 0 bridgehead atoms. The minimum atomic E-state index is -0.982. The van der Waals surface area contributed by atoms with Crippen LogP contribution in [0.4, 0.5) is 0 Å². The number of H-pyrrole nitrogens is 1. The Kier molecular flexibility index (Phi) is 3.35. The Hall–Kier alpha value is -2.04. The van der Waals surface area contributed by atoms with Crippen molar-refractivity contribution in [2.45, 2.75) is 45.6 Å². The Morgan fingerprint density at radius 3 is 2.71 bits per heavy atom. The first-order valence-corrected chi connectivity index (χ1v) is 7.44. The molecule has 5 nitrogen and oxygen atoms in total. The number of hydrogen-bond donors (Lipinski definition) is 2. The molecule has 0 atom stereocenters. The average molecular weight is 288 g/mol. The van der Waals surface area contributed by atoms with Gasteiger partial charge in [0.2, 0.25) is 0 Å². The van der Waals surface area contributed by atoms with Crippen molar-refractivity contribution in [3.8, 4) is 0 Å². The van der Waals surface area contributed by atoms with E-state index in [0.29, 0.717) is 12.1 Å². The Balaban J connectivity index is 2.00. The second kappa shape index (κ2) is 5.06. The summed E-state index contributed by atoms with van der Waals surface area (Å²) in [6, 6.07) is 4.80. The van der Waals surface area contributed by atoms with E-state index in [1.165, 1.54) is 25.3 Å². The number of nitrogens with zero attached hydrogens (tertiary/aromatic N) is 1. The van der Waals surface area contributed by atoms with Crippen LogP contribution in [0, 0.1) is 5.41 Å². The molecule has 1 aromatic carbocycles. The van der Waals surface area contributed by atoms with Gasteiger partial charge in [0.25, 0.3) is 0 Å². The average Bonchev–Trinajstić information content (AvgIpc) is 2.74. The van der Waals surface area contributed by atoms with Gasteiger partial charge in [-0.2, -0.15) is 0 Å². The summed E-state index contributed by atoms with van der Waals surface area (Å²) in [4.78, 5) is 26.0. The number of hydrogen-bond acceptors (Lipinski definition) is 2. The molecule has 0 radical (unpaired) electrons. The highest BCUT2D eigenvalue weighted by Gasteiger charge is 2.28. The third kappa shape index (κ3) is 2.60. The summed E-state index contributed by atoms with van der Waals surface area (Å²) in [6.45, 7) is 2.93. The van der Waals surface area contributed by atoms with Crippen molar-refractivity contribution in [3.05, 3.63) is 34.2 Å². The monoisotopic (exact) mass is 288 g/mol. The standard InChI is InChI=1S/C16H20N2O3/c1-16(7-3-2-4-8-16)10-18-13-6-5-11(14(19)20)9-12(13)17-15(18)21/h5-6,9H,2-4,7-8,10H2,1H3,(H,17,21)(H,19,20). The highest BCUT2D eigenvalue weighted by molar-refractivity contribution is 5.92. The summed E-state index contributed by atoms with van der Waals surface area (Å²) in [5.74, 6) is -0.982. The van der Waals surface area contributed by atoms with Crippen LogP contribution in [-0.2, 0) is 6.54 Å². The molecule has 1 aliphatic carbocycles. The highest BCUT2D eigenvalue weighted by Crippen LogP contribution is 2.37. The first-order chi connectivity index (χ1) is 9.98. The van der Waals surface area contributed by atoms with Crippen LogP contribution < -0.4 is 5.69 Å². The van der Waals surface area contributed by atoms with E-state index in [-0.39, 0.29) is 16.7 Å². The van der Waals surface area contributed by atoms with E-state index in [4.69, 9.17) is 5.11 Å². The lowest BCUT2D eigenvalue weighted by Gasteiger charge is -2.33. The quantitative estimate of drug-likeness (QED) is 0.911. The molecule has 2 aromatic rings. The van der Waals surface area contributed by atoms with E-state index in [2.05, 4.69) is 11.9 Å². The number of rotatable bonds is 3. The molecule has 1 heterocycles. The van der Waals surface area contributed by atoms with Gasteiger partial charge in [0, 0.05) is 6.54 Å². The number of carboxylic acid groups (broad SMARTS) is 1. The van der Waals surface area contributed by atoms with Crippen LogP contribution in [0.5, 0.6) is 0 Å². The van der Waals surface area contributed by atoms with Crippen molar-refractivity contribution in [3.63, 3.8) is 0 Å². The predicted molar refractivity (Wildman–Crippen MR) is 80.7 cm³/mol. The SMILES string of the molecule is CC1(Cn2c(=O)[nH]c3cc(C(=O)O)ccc32)CCCCC1. The molecule has 0 unspecified atom stereocenters. The minimum absolute atomic E-state index is 0.153. The van der Waals surface area contributed by atoms with E-state index in [9.17, 15) is 9.59 Å². The van der Waals surface area contributed by atoms with Crippen LogP contribution in [0.3, 0.4) is 0 Å². The molecule has 0 amide bonds. The molecule has 112 valence electrons. The molecule has 0 spiro atoms. The fourth-order valence-electron chi connectivity index (χ4n) is 3.40. The number of aromatic amines is 1. The van der Waals surface area contributed by atoms with E-state index in [1.807, 2.05) is 0 Å². The van der Waals surface area contributed by atoms with E-state index in [0.717, 1.165) is 18.4 Å². The van der Waals surface area contributed by atoms with Crippen LogP contribution >= 0.6 is 0 Å². The summed E-state index contributed by atoms with van der Waals surface area (Å²) >= 11 is 0. The fourth-order valence-corrected chi connectivity index (χ4v) is 3.40. The predicted octanol–water partition coefficient (Wildman–Crippen LogP) is 3.00. The van der Waals surface area contributed by atoms with Gasteiger partial charge in [-0.3, -0.25) is 4.57 Å². The highest BCUT2D eigenvalue weighted by atomic mass is 16.4. The Morgan fingerprint density at radius 2 is 2.05 bits per heavy atom. The molecule has 1 fully saturated rings. The molecule has 1 aromatic heterocycles. The van der Waals surface area contributed by atoms with Crippen LogP contribution in [0.15, 0.2) is 23.0 Å². The number of imidazole rings is 1. The number of fused-ring (bicyclic) bond motifs is 1. The zero-order valence-corrected chi connectivity index (χ0v) is 12.2. The van der Waals surface area contributed by atoms with Crippen molar-refractivity contribution in [1.82, 2.24) is 9.55 Å². The van der Waals surface area contributed by atoms with Crippen LogP contribution in [0.2, 0.25) is 0 Å². The van der Waals surface area contributed by atoms with E-state index >= 15 is 0 Å². The van der Waals surface area contributed by atoms with Crippen molar-refractivity contribution in [1.29, 1.82) is 0 Å². The van der Waals surface area contributed by atoms with Crippen molar-refractivity contribution < 1.29 is 9.90 Å². The summed E-state index contributed by atoms with van der Waals surface area (Å²) in [6.07, 6.45) is 5.99. The Morgan fingerprint density at radius 1 is 1.33 bits per heavy atom. The van der Waals surface area contributed by atoms with Gasteiger partial charge in [0.15, 0.2) is 0 Å². The Bertz CT molecular complexity index is 736. The molecule has 0 aliphatic heterocycles. The van der Waals surface area contributed by atoms with Crippen LogP contribution in [0.25, 0.3) is 11.0 Å². The van der Waals surface area contributed by atoms with E-state index < -0.39 is 5.97 Å². The molecule has 21 heavy (non-hydrogen) atoms. The molecule has 0 saturated heterocycles. The zero-order chi connectivity index (χ0) is 15.0. The lowest BCUT2D eigenvalue weighted by Crippen LogP contribution is -2.30. The number of aromatic nitrogens is 2. The first-order valence-electron chi connectivity index (χ1n) is 7.44. The Labute approximate surface area is 122 Å². The van der Waals surface area contributed by atoms with Gasteiger partial charge in [-0.1, -0.05) is 26.2 Å². The number of carboxylic acids is 1. The maximum atomic E-state index is 12.2. The van der Waals surface area contributed by atoms with Crippen molar-refractivity contribution in [2.24, 2.45) is 5.41 Å². The number of nitrogens with one attached hydrogen (secondary N) is 1. The second-order valence-corrected chi connectivity index (χ2v) is 6.42. The van der Waals surface area contributed by atoms with Crippen molar-refractivity contribution >= 4 is 17.0 Å². The minimum Gasteiger partial charge on any atom is -0.478 e. The summed E-state index contributed by atoms with van der Waals surface area (Å²) in [5.41, 5.74) is 1.58. The maximum Gasteiger partial charge on any atom is 0.335 e. The van der Waals surface area contributed by atoms with Gasteiger partial charge < -0.3 is 10.1 Å². The molecule has 1 aliphatic rings. The first kappa shape index (κ1) is 13.9. The van der Waals surface area contributed by atoms with Gasteiger partial charge >= 0.3 is 11.7 Å². The number of carbonyl (C=O) groups is 1. The molecule has 5 heteroatoms. The molecule has 3 rings (SSSR count). The van der Waals surface area contributed by atoms with Gasteiger partial charge in [-0.05, 0) is 36.5 Å². The third-order valence-electron chi connectivity index (χ3n) is 4.62. The second-order valence-electron chi connectivity index (χ2n) is 6.42. The van der Waals surface area contributed by atoms with Gasteiger partial charge in [0.1, 0.15) is 0 Å². The topological polar surface area (TPSA) is 75.1 Å². The summed E-state index contributed by atoms with van der Waals surface area (Å²) in [5, 5.41) is 9.02. The number of aromatic carboxylic acids is 1. The smallest absolute Gasteiger partial charge is 0.335 e. The van der Waals surface area contributed by atoms with Gasteiger partial charge in [0.05, 0.1) is 16.6 Å². The lowest BCUT2D eigenvalue weighted by molar-refractivity contribution is 0.0697. The molecule has 2 N–H and O–H groups in total. The summed E-state index contributed by atoms with van der Waals surface area (Å²) in [7, 11) is 0. The maximum absolute atomic E-state index is 12.2.